The summed E-state index contributed by atoms with van der Waals surface area (Å²) in [6.45, 7) is 0. The van der Waals surface area contributed by atoms with Gasteiger partial charge in [0.2, 0.25) is 0 Å². The third kappa shape index (κ3) is 6.75. The molecule has 76 valence electrons. The predicted molar refractivity (Wildman–Crippen MR) is 53.9 cm³/mol. The third-order valence-electron chi connectivity index (χ3n) is 1.40. The van der Waals surface area contributed by atoms with Crippen LogP contribution in [-0.4, -0.2) is 10.2 Å². The molecule has 0 bridgehead atoms. The zero-order valence-electron chi connectivity index (χ0n) is 7.92. The monoisotopic (exact) mass is 370 g/mol. The number of phenolic OH excluding ortho intramolecular Hbond substituents is 2. The predicted octanol–water partition coefficient (Wildman–Crippen LogP) is 2.38. The molecule has 0 spiro atoms. The molecule has 0 aromatic heterocycles. The summed E-state index contributed by atoms with van der Waals surface area (Å²) in [5.41, 5.74) is 0. The van der Waals surface area contributed by atoms with Gasteiger partial charge in [-0.2, -0.15) is 36.4 Å². The molecule has 0 aliphatic carbocycles. The molecule has 0 saturated heterocycles. The van der Waals surface area contributed by atoms with Gasteiger partial charge >= 0.3 is 21.1 Å². The average Bonchev–Trinajstić information content (AvgIpc) is 2.21. The molecule has 2 nitrogen and oxygen atoms in total. The molecule has 2 N–H and O–H groups in total. The van der Waals surface area contributed by atoms with Gasteiger partial charge in [-0.05, 0) is 0 Å². The molecule has 2 rings (SSSR count). The first-order valence-corrected chi connectivity index (χ1v) is 4.09. The van der Waals surface area contributed by atoms with Crippen LogP contribution < -0.4 is 0 Å². The van der Waals surface area contributed by atoms with Crippen molar-refractivity contribution in [3.8, 4) is 11.5 Å². The molecule has 0 saturated carbocycles. The Morgan fingerprint density at radius 2 is 0.933 bits per heavy atom. The maximum absolute atomic E-state index is 8.61. The minimum atomic E-state index is 0. The van der Waals surface area contributed by atoms with Crippen molar-refractivity contribution in [3.05, 3.63) is 60.7 Å². The molecular weight excluding hydrogens is 360 g/mol. The molecule has 15 heavy (non-hydrogen) atoms. The standard InChI is InChI=1S/2C6H5O.W/c2*7-6-4-2-1-3-5-6;/h2*2-5,7H;/q2*-1;+2. The van der Waals surface area contributed by atoms with Crippen LogP contribution >= 0.6 is 0 Å². The van der Waals surface area contributed by atoms with Crippen molar-refractivity contribution in [2.24, 2.45) is 0 Å². The van der Waals surface area contributed by atoms with E-state index in [0.29, 0.717) is 11.5 Å². The summed E-state index contributed by atoms with van der Waals surface area (Å²) in [5, 5.41) is 17.2. The van der Waals surface area contributed by atoms with E-state index in [-0.39, 0.29) is 21.1 Å². The topological polar surface area (TPSA) is 40.5 Å². The maximum atomic E-state index is 8.61. The summed E-state index contributed by atoms with van der Waals surface area (Å²) in [6.07, 6.45) is 0. The van der Waals surface area contributed by atoms with Gasteiger partial charge in [0.25, 0.3) is 0 Å². The van der Waals surface area contributed by atoms with Crippen molar-refractivity contribution in [3.63, 3.8) is 0 Å². The van der Waals surface area contributed by atoms with Gasteiger partial charge in [0.05, 0.1) is 0 Å². The van der Waals surface area contributed by atoms with E-state index in [1.165, 1.54) is 0 Å². The molecule has 2 aromatic rings. The van der Waals surface area contributed by atoms with Crippen LogP contribution in [-0.2, 0) is 21.1 Å². The molecule has 0 atom stereocenters. The Morgan fingerprint density at radius 3 is 1.07 bits per heavy atom. The Bertz CT molecular complexity index is 311. The molecule has 0 amide bonds. The van der Waals surface area contributed by atoms with E-state index < -0.39 is 0 Å². The van der Waals surface area contributed by atoms with Crippen molar-refractivity contribution in [2.45, 2.75) is 0 Å². The van der Waals surface area contributed by atoms with Gasteiger partial charge in [-0.3, -0.25) is 0 Å². The second-order valence-electron chi connectivity index (χ2n) is 2.52. The first-order chi connectivity index (χ1) is 6.79. The maximum Gasteiger partial charge on any atom is 2.00 e. The van der Waals surface area contributed by atoms with E-state index in [4.69, 9.17) is 10.2 Å². The van der Waals surface area contributed by atoms with Crippen LogP contribution in [0.25, 0.3) is 0 Å². The van der Waals surface area contributed by atoms with Crippen LogP contribution in [0, 0.1) is 12.1 Å². The normalized spacial score (nSPS) is 8.00. The number of phenols is 2. The van der Waals surface area contributed by atoms with Gasteiger partial charge < -0.3 is 10.2 Å². The van der Waals surface area contributed by atoms with E-state index in [2.05, 4.69) is 12.1 Å². The van der Waals surface area contributed by atoms with Crippen LogP contribution in [0.4, 0.5) is 0 Å². The summed E-state index contributed by atoms with van der Waals surface area (Å²) < 4.78 is 0. The van der Waals surface area contributed by atoms with Crippen molar-refractivity contribution >= 4 is 0 Å². The molecule has 0 fully saturated rings. The van der Waals surface area contributed by atoms with Crippen LogP contribution in [0.5, 0.6) is 11.5 Å². The second kappa shape index (κ2) is 8.07. The minimum absolute atomic E-state index is 0. The summed E-state index contributed by atoms with van der Waals surface area (Å²) in [4.78, 5) is 0. The molecule has 0 aliphatic heterocycles. The summed E-state index contributed by atoms with van der Waals surface area (Å²) in [7, 11) is 0. The largest absolute Gasteiger partial charge is 2.00 e. The second-order valence-corrected chi connectivity index (χ2v) is 2.52. The number of hydrogen-bond acceptors (Lipinski definition) is 2. The fraction of sp³-hybridized carbons (Fsp3) is 0. The number of benzene rings is 2. The Hall–Kier alpha value is -1.27. The van der Waals surface area contributed by atoms with Crippen LogP contribution in [0.2, 0.25) is 0 Å². The van der Waals surface area contributed by atoms with Gasteiger partial charge in [0.15, 0.2) is 0 Å². The van der Waals surface area contributed by atoms with E-state index in [1.807, 2.05) is 0 Å². The molecule has 0 aliphatic rings. The van der Waals surface area contributed by atoms with Gasteiger partial charge in [-0.15, -0.1) is 24.3 Å². The van der Waals surface area contributed by atoms with Gasteiger partial charge in [-0.1, -0.05) is 0 Å². The SMILES string of the molecule is Oc1cc[c-]cc1.Oc1cc[c-]cc1.[W+2]. The first kappa shape index (κ1) is 13.7. The molecule has 3 heteroatoms. The number of aromatic hydroxyl groups is 2. The van der Waals surface area contributed by atoms with Crippen molar-refractivity contribution in [1.29, 1.82) is 0 Å². The van der Waals surface area contributed by atoms with Crippen molar-refractivity contribution in [1.82, 2.24) is 0 Å². The number of rotatable bonds is 0. The van der Waals surface area contributed by atoms with Crippen molar-refractivity contribution < 1.29 is 31.3 Å². The van der Waals surface area contributed by atoms with Gasteiger partial charge in [-0.25, -0.2) is 0 Å². The van der Waals surface area contributed by atoms with Gasteiger partial charge in [0.1, 0.15) is 0 Å². The Kier molecular flexibility index (Phi) is 7.39. The average molecular weight is 370 g/mol. The quantitative estimate of drug-likeness (QED) is 0.700. The fourth-order valence-corrected chi connectivity index (χ4v) is 0.756. The van der Waals surface area contributed by atoms with E-state index >= 15 is 0 Å². The van der Waals surface area contributed by atoms with Gasteiger partial charge in [0, 0.05) is 11.5 Å². The zero-order valence-corrected chi connectivity index (χ0v) is 10.9. The van der Waals surface area contributed by atoms with Crippen LogP contribution in [0.1, 0.15) is 0 Å². The number of hydrogen-bond donors (Lipinski definition) is 2. The van der Waals surface area contributed by atoms with Crippen molar-refractivity contribution in [2.75, 3.05) is 0 Å². The summed E-state index contributed by atoms with van der Waals surface area (Å²) in [5.74, 6) is 0.581. The molecular formula is C12H10O2W. The van der Waals surface area contributed by atoms with E-state index in [0.717, 1.165) is 0 Å². The Balaban J connectivity index is 0.000000245. The van der Waals surface area contributed by atoms with E-state index in [9.17, 15) is 0 Å². The smallest absolute Gasteiger partial charge is 0.533 e. The Morgan fingerprint density at radius 1 is 0.667 bits per heavy atom. The zero-order chi connectivity index (χ0) is 10.2. The molecule has 0 radical (unpaired) electrons. The Labute approximate surface area is 103 Å². The fourth-order valence-electron chi connectivity index (χ4n) is 0.756. The first-order valence-electron chi connectivity index (χ1n) is 4.09. The molecule has 0 unspecified atom stereocenters. The molecule has 2 aromatic carbocycles. The van der Waals surface area contributed by atoms with Crippen LogP contribution in [0.3, 0.4) is 0 Å². The molecule has 0 heterocycles. The third-order valence-corrected chi connectivity index (χ3v) is 1.40. The summed E-state index contributed by atoms with van der Waals surface area (Å²) >= 11 is 0. The van der Waals surface area contributed by atoms with Crippen LogP contribution in [0.15, 0.2) is 48.5 Å². The summed E-state index contributed by atoms with van der Waals surface area (Å²) in [6, 6.07) is 18.5. The van der Waals surface area contributed by atoms with E-state index in [1.54, 1.807) is 48.5 Å². The minimum Gasteiger partial charge on any atom is -0.533 e.